The summed E-state index contributed by atoms with van der Waals surface area (Å²) in [6, 6.07) is 3.32. The van der Waals surface area contributed by atoms with Crippen LogP contribution in [-0.2, 0) is 21.5 Å². The van der Waals surface area contributed by atoms with Gasteiger partial charge in [0.2, 0.25) is 0 Å². The van der Waals surface area contributed by atoms with E-state index < -0.39 is 22.1 Å². The average Bonchev–Trinajstić information content (AvgIpc) is 2.46. The van der Waals surface area contributed by atoms with Crippen LogP contribution in [0.1, 0.15) is 18.5 Å². The quantitative estimate of drug-likeness (QED) is 0.765. The Kier molecular flexibility index (Phi) is 4.63. The molecule has 0 bridgehead atoms. The Bertz CT molecular complexity index is 563. The van der Waals surface area contributed by atoms with Gasteiger partial charge in [-0.1, -0.05) is 0 Å². The lowest BCUT2D eigenvalue weighted by Gasteiger charge is -2.29. The van der Waals surface area contributed by atoms with Crippen molar-refractivity contribution in [3.05, 3.63) is 24.0 Å². The number of hydrogen-bond donors (Lipinski definition) is 2. The summed E-state index contributed by atoms with van der Waals surface area (Å²) in [5, 5.41) is 16.4. The number of aromatic nitrogens is 2. The molecule has 1 fully saturated rings. The van der Waals surface area contributed by atoms with Crippen LogP contribution in [0.25, 0.3) is 0 Å². The fourth-order valence-electron chi connectivity index (χ4n) is 2.05. The summed E-state index contributed by atoms with van der Waals surface area (Å²) in [6.07, 6.45) is 2.55. The summed E-state index contributed by atoms with van der Waals surface area (Å²) in [5.41, 5.74) is 0.503. The van der Waals surface area contributed by atoms with Crippen LogP contribution < -0.4 is 4.72 Å². The van der Waals surface area contributed by atoms with Crippen molar-refractivity contribution < 1.29 is 18.3 Å². The van der Waals surface area contributed by atoms with Crippen molar-refractivity contribution in [2.24, 2.45) is 5.92 Å². The van der Waals surface area contributed by atoms with E-state index in [9.17, 15) is 13.2 Å². The lowest BCUT2D eigenvalue weighted by atomic mass is 10.0. The molecule has 2 heterocycles. The van der Waals surface area contributed by atoms with Crippen LogP contribution >= 0.6 is 0 Å². The third-order valence-electron chi connectivity index (χ3n) is 3.14. The summed E-state index contributed by atoms with van der Waals surface area (Å²) >= 11 is 0. The van der Waals surface area contributed by atoms with E-state index in [1.54, 1.807) is 12.1 Å². The van der Waals surface area contributed by atoms with E-state index in [0.717, 1.165) is 0 Å². The van der Waals surface area contributed by atoms with Gasteiger partial charge in [-0.05, 0) is 25.0 Å². The first kappa shape index (κ1) is 14.8. The van der Waals surface area contributed by atoms with Gasteiger partial charge >= 0.3 is 5.97 Å². The molecule has 1 aliphatic heterocycles. The number of carbonyl (C=O) groups is 1. The summed E-state index contributed by atoms with van der Waals surface area (Å²) in [7, 11) is -3.70. The molecule has 0 saturated carbocycles. The highest BCUT2D eigenvalue weighted by Crippen LogP contribution is 2.18. The monoisotopic (exact) mass is 300 g/mol. The van der Waals surface area contributed by atoms with Crippen LogP contribution in [0.3, 0.4) is 0 Å². The summed E-state index contributed by atoms with van der Waals surface area (Å²) < 4.78 is 27.8. The Morgan fingerprint density at radius 3 is 3.00 bits per heavy atom. The maximum atomic E-state index is 12.1. The minimum Gasteiger partial charge on any atom is -0.481 e. The summed E-state index contributed by atoms with van der Waals surface area (Å²) in [5.74, 6) is -1.60. The molecule has 1 aliphatic rings. The molecule has 0 amide bonds. The molecule has 2 N–H and O–H groups in total. The number of carboxylic acids is 1. The van der Waals surface area contributed by atoms with Crippen molar-refractivity contribution in [1.29, 1.82) is 0 Å². The minimum absolute atomic E-state index is 0.00509. The molecule has 0 aliphatic carbocycles. The van der Waals surface area contributed by atoms with Gasteiger partial charge in [-0.15, -0.1) is 0 Å². The Labute approximate surface area is 117 Å². The number of aliphatic carboxylic acids is 1. The van der Waals surface area contributed by atoms with E-state index in [-0.39, 0.29) is 13.1 Å². The molecular formula is C11H16N4O4S. The van der Waals surface area contributed by atoms with Crippen molar-refractivity contribution in [1.82, 2.24) is 19.2 Å². The average molecular weight is 300 g/mol. The molecule has 1 unspecified atom stereocenters. The van der Waals surface area contributed by atoms with Crippen LogP contribution in [0.2, 0.25) is 0 Å². The van der Waals surface area contributed by atoms with Gasteiger partial charge < -0.3 is 5.11 Å². The van der Waals surface area contributed by atoms with E-state index in [1.165, 1.54) is 10.5 Å². The number of nitrogens with one attached hydrogen (secondary N) is 1. The maximum absolute atomic E-state index is 12.1. The van der Waals surface area contributed by atoms with Crippen molar-refractivity contribution in [2.75, 3.05) is 13.1 Å². The highest BCUT2D eigenvalue weighted by molar-refractivity contribution is 7.87. The van der Waals surface area contributed by atoms with Crippen molar-refractivity contribution in [3.63, 3.8) is 0 Å². The van der Waals surface area contributed by atoms with E-state index in [2.05, 4.69) is 14.9 Å². The summed E-state index contributed by atoms with van der Waals surface area (Å²) in [4.78, 5) is 10.9. The maximum Gasteiger partial charge on any atom is 0.307 e. The largest absolute Gasteiger partial charge is 0.481 e. The molecule has 0 aromatic carbocycles. The van der Waals surface area contributed by atoms with E-state index >= 15 is 0 Å². The van der Waals surface area contributed by atoms with Gasteiger partial charge in [-0.3, -0.25) is 4.79 Å². The second-order valence-corrected chi connectivity index (χ2v) is 6.33. The van der Waals surface area contributed by atoms with Crippen LogP contribution in [0.15, 0.2) is 18.3 Å². The molecule has 1 aromatic rings. The van der Waals surface area contributed by atoms with Crippen LogP contribution in [0.5, 0.6) is 0 Å². The topological polar surface area (TPSA) is 112 Å². The Morgan fingerprint density at radius 2 is 2.35 bits per heavy atom. The van der Waals surface area contributed by atoms with Gasteiger partial charge in [0.05, 0.1) is 18.2 Å². The van der Waals surface area contributed by atoms with Crippen molar-refractivity contribution in [2.45, 2.75) is 19.4 Å². The second kappa shape index (κ2) is 6.25. The fraction of sp³-hybridized carbons (Fsp3) is 0.545. The van der Waals surface area contributed by atoms with Crippen molar-refractivity contribution >= 4 is 16.2 Å². The number of nitrogens with zero attached hydrogens (tertiary/aromatic N) is 3. The van der Waals surface area contributed by atoms with Gasteiger partial charge in [-0.25, -0.2) is 0 Å². The standard InChI is InChI=1S/C11H16N4O4S/c16-11(17)9-3-2-6-15(8-9)20(18,19)13-7-10-4-1-5-12-14-10/h1,4-5,9,13H,2-3,6-8H2,(H,16,17). The Hall–Kier alpha value is -1.58. The Morgan fingerprint density at radius 1 is 1.55 bits per heavy atom. The van der Waals surface area contributed by atoms with Crippen LogP contribution in [-0.4, -0.2) is 47.1 Å². The first-order valence-electron chi connectivity index (χ1n) is 6.23. The van der Waals surface area contributed by atoms with Crippen LogP contribution in [0.4, 0.5) is 0 Å². The molecule has 9 heteroatoms. The zero-order valence-corrected chi connectivity index (χ0v) is 11.6. The smallest absolute Gasteiger partial charge is 0.307 e. The second-order valence-electron chi connectivity index (χ2n) is 4.58. The predicted molar refractivity (Wildman–Crippen MR) is 69.7 cm³/mol. The third kappa shape index (κ3) is 3.71. The molecule has 0 radical (unpaired) electrons. The third-order valence-corrected chi connectivity index (χ3v) is 4.66. The van der Waals surface area contributed by atoms with E-state index in [0.29, 0.717) is 25.1 Å². The Balaban J connectivity index is 1.97. The first-order valence-corrected chi connectivity index (χ1v) is 7.67. The molecule has 1 saturated heterocycles. The highest BCUT2D eigenvalue weighted by Gasteiger charge is 2.31. The minimum atomic E-state index is -3.70. The molecule has 8 nitrogen and oxygen atoms in total. The predicted octanol–water partition coefficient (Wildman–Crippen LogP) is -0.392. The molecule has 110 valence electrons. The lowest BCUT2D eigenvalue weighted by molar-refractivity contribution is -0.142. The zero-order chi connectivity index (χ0) is 14.6. The molecule has 20 heavy (non-hydrogen) atoms. The fourth-order valence-corrected chi connectivity index (χ4v) is 3.30. The molecule has 0 spiro atoms. The van der Waals surface area contributed by atoms with Gasteiger partial charge in [0.25, 0.3) is 10.2 Å². The molecule has 2 rings (SSSR count). The van der Waals surface area contributed by atoms with Gasteiger partial charge in [-0.2, -0.15) is 27.6 Å². The highest BCUT2D eigenvalue weighted by atomic mass is 32.2. The first-order chi connectivity index (χ1) is 9.49. The van der Waals surface area contributed by atoms with Gasteiger partial charge in [0, 0.05) is 19.3 Å². The molecule has 1 aromatic heterocycles. The van der Waals surface area contributed by atoms with Crippen molar-refractivity contribution in [3.8, 4) is 0 Å². The molecule has 1 atom stereocenters. The van der Waals surface area contributed by atoms with Gasteiger partial charge in [0.15, 0.2) is 0 Å². The number of piperidine rings is 1. The van der Waals surface area contributed by atoms with Gasteiger partial charge in [0.1, 0.15) is 0 Å². The van der Waals surface area contributed by atoms with Crippen LogP contribution in [0, 0.1) is 5.92 Å². The SMILES string of the molecule is O=C(O)C1CCCN(S(=O)(=O)NCc2cccnn2)C1. The normalized spacial score (nSPS) is 20.7. The van der Waals surface area contributed by atoms with E-state index in [1.807, 2.05) is 0 Å². The number of carboxylic acid groups (broad SMARTS) is 1. The summed E-state index contributed by atoms with van der Waals surface area (Å²) in [6.45, 7) is 0.370. The van der Waals surface area contributed by atoms with E-state index in [4.69, 9.17) is 5.11 Å². The number of rotatable bonds is 5. The lowest BCUT2D eigenvalue weighted by Crippen LogP contribution is -2.47. The molecular weight excluding hydrogens is 284 g/mol. The zero-order valence-electron chi connectivity index (χ0n) is 10.8. The number of hydrogen-bond acceptors (Lipinski definition) is 5.